The summed E-state index contributed by atoms with van der Waals surface area (Å²) < 4.78 is 42.8. The Bertz CT molecular complexity index is 1080. The minimum atomic E-state index is -3.51. The molecule has 3 rings (SSSR count). The van der Waals surface area contributed by atoms with Crippen molar-refractivity contribution in [3.05, 3.63) is 89.7 Å². The summed E-state index contributed by atoms with van der Waals surface area (Å²) in [5, 5.41) is 2.41. The molecule has 144 valence electrons. The van der Waals surface area contributed by atoms with Crippen molar-refractivity contribution in [2.45, 2.75) is 11.5 Å². The van der Waals surface area contributed by atoms with Gasteiger partial charge in [0.25, 0.3) is 5.91 Å². The third kappa shape index (κ3) is 4.95. The van der Waals surface area contributed by atoms with Crippen LogP contribution in [0.1, 0.15) is 15.9 Å². The molecule has 1 N–H and O–H groups in total. The number of para-hydroxylation sites is 1. The summed E-state index contributed by atoms with van der Waals surface area (Å²) in [6.45, 7) is 0.344. The first kappa shape index (κ1) is 19.6. The van der Waals surface area contributed by atoms with Crippen LogP contribution in [0.15, 0.2) is 77.7 Å². The van der Waals surface area contributed by atoms with Gasteiger partial charge in [-0.25, -0.2) is 12.8 Å². The smallest absolute Gasteiger partial charge is 0.255 e. The van der Waals surface area contributed by atoms with E-state index >= 15 is 0 Å². The van der Waals surface area contributed by atoms with E-state index in [1.165, 1.54) is 0 Å². The average molecular weight is 399 g/mol. The summed E-state index contributed by atoms with van der Waals surface area (Å²) in [4.78, 5) is 12.3. The van der Waals surface area contributed by atoms with Gasteiger partial charge in [0.15, 0.2) is 9.84 Å². The summed E-state index contributed by atoms with van der Waals surface area (Å²) >= 11 is 0. The zero-order chi connectivity index (χ0) is 20.1. The number of hydrogen-bond donors (Lipinski definition) is 1. The van der Waals surface area contributed by atoms with Gasteiger partial charge in [-0.15, -0.1) is 0 Å². The van der Waals surface area contributed by atoms with Gasteiger partial charge in [-0.1, -0.05) is 30.3 Å². The van der Waals surface area contributed by atoms with Crippen LogP contribution < -0.4 is 10.1 Å². The molecule has 0 aromatic heterocycles. The molecule has 7 heteroatoms. The Morgan fingerprint density at radius 1 is 1.00 bits per heavy atom. The Hall–Kier alpha value is -3.19. The monoisotopic (exact) mass is 399 g/mol. The third-order valence-electron chi connectivity index (χ3n) is 3.98. The maximum Gasteiger partial charge on any atom is 0.255 e. The van der Waals surface area contributed by atoms with Crippen molar-refractivity contribution in [2.75, 3.05) is 11.6 Å². The van der Waals surface area contributed by atoms with Crippen LogP contribution in [0.5, 0.6) is 5.75 Å². The first-order chi connectivity index (χ1) is 13.3. The Morgan fingerprint density at radius 3 is 2.32 bits per heavy atom. The highest BCUT2D eigenvalue weighted by molar-refractivity contribution is 7.90. The van der Waals surface area contributed by atoms with E-state index in [1.807, 2.05) is 30.3 Å². The standard InChI is InChI=1S/C21H18FNO4S/c1-28(25,26)18-11-12-19(22)20(13-18)23-21(24)16-9-7-15(8-10-16)14-27-17-5-3-2-4-6-17/h2-13H,14H2,1H3,(H,23,24). The number of sulfone groups is 1. The maximum atomic E-state index is 13.9. The van der Waals surface area contributed by atoms with Crippen LogP contribution in [0, 0.1) is 5.82 Å². The van der Waals surface area contributed by atoms with Crippen molar-refractivity contribution < 1.29 is 22.3 Å². The summed E-state index contributed by atoms with van der Waals surface area (Å²) in [5.74, 6) is -0.515. The first-order valence-electron chi connectivity index (χ1n) is 8.41. The lowest BCUT2D eigenvalue weighted by atomic mass is 10.1. The molecule has 3 aromatic rings. The van der Waals surface area contributed by atoms with E-state index < -0.39 is 21.6 Å². The van der Waals surface area contributed by atoms with Gasteiger partial charge >= 0.3 is 0 Å². The fraction of sp³-hybridized carbons (Fsp3) is 0.0952. The van der Waals surface area contributed by atoms with E-state index in [9.17, 15) is 17.6 Å². The van der Waals surface area contributed by atoms with Crippen LogP contribution in [0.3, 0.4) is 0 Å². The van der Waals surface area contributed by atoms with Gasteiger partial charge in [0, 0.05) is 11.8 Å². The number of carbonyl (C=O) groups excluding carboxylic acids is 1. The molecule has 0 aliphatic heterocycles. The molecule has 0 fully saturated rings. The second-order valence-corrected chi connectivity index (χ2v) is 8.18. The van der Waals surface area contributed by atoms with Crippen LogP contribution in [0.25, 0.3) is 0 Å². The summed E-state index contributed by atoms with van der Waals surface area (Å²) in [7, 11) is -3.51. The Kier molecular flexibility index (Phi) is 5.75. The number of ether oxygens (including phenoxy) is 1. The van der Waals surface area contributed by atoms with Gasteiger partial charge in [-0.05, 0) is 48.0 Å². The van der Waals surface area contributed by atoms with Crippen molar-refractivity contribution in [3.8, 4) is 5.75 Å². The van der Waals surface area contributed by atoms with Crippen molar-refractivity contribution >= 4 is 21.4 Å². The zero-order valence-corrected chi connectivity index (χ0v) is 15.9. The average Bonchev–Trinajstić information content (AvgIpc) is 2.68. The summed E-state index contributed by atoms with van der Waals surface area (Å²) in [5.41, 5.74) is 0.989. The molecule has 0 saturated carbocycles. The lowest BCUT2D eigenvalue weighted by molar-refractivity contribution is 0.102. The van der Waals surface area contributed by atoms with E-state index in [0.717, 1.165) is 35.8 Å². The highest BCUT2D eigenvalue weighted by Gasteiger charge is 2.14. The number of benzene rings is 3. The van der Waals surface area contributed by atoms with Gasteiger partial charge < -0.3 is 10.1 Å². The largest absolute Gasteiger partial charge is 0.489 e. The van der Waals surface area contributed by atoms with Crippen LogP contribution in [-0.2, 0) is 16.4 Å². The van der Waals surface area contributed by atoms with Gasteiger partial charge in [-0.3, -0.25) is 4.79 Å². The van der Waals surface area contributed by atoms with Crippen LogP contribution in [0.2, 0.25) is 0 Å². The minimum Gasteiger partial charge on any atom is -0.489 e. The van der Waals surface area contributed by atoms with Gasteiger partial charge in [0.05, 0.1) is 10.6 Å². The van der Waals surface area contributed by atoms with E-state index in [4.69, 9.17) is 4.74 Å². The minimum absolute atomic E-state index is 0.0717. The highest BCUT2D eigenvalue weighted by atomic mass is 32.2. The fourth-order valence-corrected chi connectivity index (χ4v) is 3.11. The number of hydrogen-bond acceptors (Lipinski definition) is 4. The molecule has 0 aliphatic rings. The first-order valence-corrected chi connectivity index (χ1v) is 10.3. The van der Waals surface area contributed by atoms with Crippen molar-refractivity contribution in [1.29, 1.82) is 0 Å². The molecule has 5 nitrogen and oxygen atoms in total. The molecule has 0 atom stereocenters. The molecule has 1 amide bonds. The van der Waals surface area contributed by atoms with Crippen LogP contribution >= 0.6 is 0 Å². The zero-order valence-electron chi connectivity index (χ0n) is 15.1. The predicted molar refractivity (Wildman–Crippen MR) is 105 cm³/mol. The molecular weight excluding hydrogens is 381 g/mol. The quantitative estimate of drug-likeness (QED) is 0.635. The topological polar surface area (TPSA) is 72.5 Å². The summed E-state index contributed by atoms with van der Waals surface area (Å²) in [6.07, 6.45) is 1.02. The molecule has 0 heterocycles. The normalized spacial score (nSPS) is 11.1. The Balaban J connectivity index is 1.68. The Morgan fingerprint density at radius 2 is 1.68 bits per heavy atom. The molecule has 0 radical (unpaired) electrons. The van der Waals surface area contributed by atoms with Crippen molar-refractivity contribution in [1.82, 2.24) is 0 Å². The Labute approximate surface area is 162 Å². The lowest BCUT2D eigenvalue weighted by Crippen LogP contribution is -2.13. The molecule has 28 heavy (non-hydrogen) atoms. The second kappa shape index (κ2) is 8.22. The van der Waals surface area contributed by atoms with Crippen LogP contribution in [0.4, 0.5) is 10.1 Å². The molecule has 0 saturated heterocycles. The number of amides is 1. The molecule has 0 spiro atoms. The number of halogens is 1. The van der Waals surface area contributed by atoms with Crippen molar-refractivity contribution in [2.24, 2.45) is 0 Å². The predicted octanol–water partition coefficient (Wildman–Crippen LogP) is 4.06. The number of anilines is 1. The molecule has 0 bridgehead atoms. The molecule has 0 unspecified atom stereocenters. The lowest BCUT2D eigenvalue weighted by Gasteiger charge is -2.09. The maximum absolute atomic E-state index is 13.9. The SMILES string of the molecule is CS(=O)(=O)c1ccc(F)c(NC(=O)c2ccc(COc3ccccc3)cc2)c1. The molecule has 0 aliphatic carbocycles. The van der Waals surface area contributed by atoms with Crippen molar-refractivity contribution in [3.63, 3.8) is 0 Å². The highest BCUT2D eigenvalue weighted by Crippen LogP contribution is 2.20. The number of rotatable bonds is 6. The van der Waals surface area contributed by atoms with E-state index in [0.29, 0.717) is 12.2 Å². The second-order valence-electron chi connectivity index (χ2n) is 6.17. The molecule has 3 aromatic carbocycles. The van der Waals surface area contributed by atoms with E-state index in [1.54, 1.807) is 24.3 Å². The van der Waals surface area contributed by atoms with Crippen LogP contribution in [-0.4, -0.2) is 20.6 Å². The third-order valence-corrected chi connectivity index (χ3v) is 5.09. The molecular formula is C21H18FNO4S. The fourth-order valence-electron chi connectivity index (χ4n) is 2.46. The number of carbonyl (C=O) groups is 1. The number of nitrogens with one attached hydrogen (secondary N) is 1. The van der Waals surface area contributed by atoms with Gasteiger partial charge in [0.2, 0.25) is 0 Å². The van der Waals surface area contributed by atoms with Gasteiger partial charge in [-0.2, -0.15) is 0 Å². The summed E-state index contributed by atoms with van der Waals surface area (Å²) in [6, 6.07) is 19.3. The van der Waals surface area contributed by atoms with E-state index in [2.05, 4.69) is 5.32 Å². The van der Waals surface area contributed by atoms with Gasteiger partial charge in [0.1, 0.15) is 18.2 Å². The van der Waals surface area contributed by atoms with E-state index in [-0.39, 0.29) is 10.6 Å².